The molecule has 4 rings (SSSR count). The van der Waals surface area contributed by atoms with Gasteiger partial charge in [-0.25, -0.2) is 10.4 Å². The highest BCUT2D eigenvalue weighted by Gasteiger charge is 2.51. The molecule has 3 aliphatic heterocycles. The molecule has 146 valence electrons. The van der Waals surface area contributed by atoms with Crippen LogP contribution in [-0.2, 0) is 9.59 Å². The van der Waals surface area contributed by atoms with Crippen molar-refractivity contribution >= 4 is 17.5 Å². The Labute approximate surface area is 160 Å². The monoisotopic (exact) mass is 371 g/mol. The summed E-state index contributed by atoms with van der Waals surface area (Å²) in [4.78, 5) is 32.9. The molecule has 7 heteroatoms. The van der Waals surface area contributed by atoms with Crippen molar-refractivity contribution in [1.82, 2.24) is 20.1 Å². The van der Waals surface area contributed by atoms with Gasteiger partial charge in [0.05, 0.1) is 23.6 Å². The maximum absolute atomic E-state index is 13.3. The quantitative estimate of drug-likeness (QED) is 0.825. The Bertz CT molecular complexity index is 689. The molecule has 0 saturated carbocycles. The number of nitrogens with zero attached hydrogens (tertiary/aromatic N) is 4. The van der Waals surface area contributed by atoms with Crippen molar-refractivity contribution in [3.63, 3.8) is 0 Å². The van der Waals surface area contributed by atoms with E-state index in [1.807, 2.05) is 35.2 Å². The van der Waals surface area contributed by atoms with Gasteiger partial charge in [-0.2, -0.15) is 0 Å². The van der Waals surface area contributed by atoms with E-state index >= 15 is 0 Å². The first-order valence-corrected chi connectivity index (χ1v) is 9.93. The van der Waals surface area contributed by atoms with Crippen molar-refractivity contribution in [2.24, 2.45) is 11.8 Å². The predicted octanol–water partition coefficient (Wildman–Crippen LogP) is 0.248. The summed E-state index contributed by atoms with van der Waals surface area (Å²) >= 11 is 0. The van der Waals surface area contributed by atoms with Crippen molar-refractivity contribution in [2.75, 3.05) is 57.9 Å². The number of rotatable bonds is 3. The molecule has 0 radical (unpaired) electrons. The first-order chi connectivity index (χ1) is 13.1. The van der Waals surface area contributed by atoms with Crippen molar-refractivity contribution in [3.05, 3.63) is 30.3 Å². The van der Waals surface area contributed by atoms with E-state index in [2.05, 4.69) is 29.2 Å². The summed E-state index contributed by atoms with van der Waals surface area (Å²) in [6.45, 7) is 7.74. The number of hydrogen-bond acceptors (Lipinski definition) is 5. The molecule has 1 aromatic rings. The number of hydrogen-bond donors (Lipinski definition) is 1. The molecule has 7 nitrogen and oxygen atoms in total. The summed E-state index contributed by atoms with van der Waals surface area (Å²) in [5, 5.41) is 1.65. The van der Waals surface area contributed by atoms with E-state index < -0.39 is 0 Å². The molecule has 0 aliphatic carbocycles. The molecule has 1 aromatic carbocycles. The lowest BCUT2D eigenvalue weighted by molar-refractivity contribution is -0.141. The molecule has 3 unspecified atom stereocenters. The van der Waals surface area contributed by atoms with Crippen molar-refractivity contribution in [2.45, 2.75) is 13.0 Å². The fourth-order valence-electron chi connectivity index (χ4n) is 4.46. The number of likely N-dealkylation sites (tertiary alicyclic amines) is 1. The van der Waals surface area contributed by atoms with Gasteiger partial charge in [-0.3, -0.25) is 9.59 Å². The average molecular weight is 371 g/mol. The summed E-state index contributed by atoms with van der Waals surface area (Å²) in [6, 6.07) is 9.52. The molecule has 3 aliphatic rings. The number of carbonyl (C=O) groups excluding carboxylic acids is 2. The number of fused-ring (bicyclic) bond motifs is 1. The number of nitrogens with one attached hydrogen (secondary N) is 1. The first kappa shape index (κ1) is 18.4. The van der Waals surface area contributed by atoms with E-state index in [9.17, 15) is 9.59 Å². The Morgan fingerprint density at radius 1 is 1.11 bits per heavy atom. The number of benzene rings is 1. The lowest BCUT2D eigenvalue weighted by Gasteiger charge is -2.41. The Morgan fingerprint density at radius 3 is 2.48 bits per heavy atom. The molecule has 27 heavy (non-hydrogen) atoms. The summed E-state index contributed by atoms with van der Waals surface area (Å²) in [5.41, 5.74) is 4.22. The van der Waals surface area contributed by atoms with Gasteiger partial charge >= 0.3 is 0 Å². The van der Waals surface area contributed by atoms with Gasteiger partial charge in [-0.05, 0) is 25.7 Å². The summed E-state index contributed by atoms with van der Waals surface area (Å²) in [6.07, 6.45) is 0. The van der Waals surface area contributed by atoms with Crippen LogP contribution in [0.15, 0.2) is 30.3 Å². The minimum atomic E-state index is -0.190. The van der Waals surface area contributed by atoms with E-state index in [4.69, 9.17) is 0 Å². The van der Waals surface area contributed by atoms with Gasteiger partial charge in [0.25, 0.3) is 0 Å². The third-order valence-corrected chi connectivity index (χ3v) is 6.19. The van der Waals surface area contributed by atoms with Gasteiger partial charge in [0.15, 0.2) is 0 Å². The third kappa shape index (κ3) is 3.47. The van der Waals surface area contributed by atoms with Crippen LogP contribution in [0.1, 0.15) is 6.92 Å². The van der Waals surface area contributed by atoms with E-state index in [0.717, 1.165) is 38.4 Å². The van der Waals surface area contributed by atoms with Crippen LogP contribution in [0.4, 0.5) is 5.69 Å². The van der Waals surface area contributed by atoms with Gasteiger partial charge in [0.1, 0.15) is 0 Å². The Balaban J connectivity index is 1.56. The highest BCUT2D eigenvalue weighted by molar-refractivity contribution is 5.98. The summed E-state index contributed by atoms with van der Waals surface area (Å²) < 4.78 is 0. The number of carbonyl (C=O) groups is 2. The lowest BCUT2D eigenvalue weighted by atomic mass is 9.83. The molecule has 0 aromatic heterocycles. The van der Waals surface area contributed by atoms with E-state index in [1.165, 1.54) is 0 Å². The minimum Gasteiger partial charge on any atom is -0.340 e. The Hall–Kier alpha value is -1.96. The number of para-hydroxylation sites is 1. The highest BCUT2D eigenvalue weighted by atomic mass is 16.2. The highest BCUT2D eigenvalue weighted by Crippen LogP contribution is 2.32. The maximum Gasteiger partial charge on any atom is 0.247 e. The molecule has 3 saturated heterocycles. The summed E-state index contributed by atoms with van der Waals surface area (Å²) in [7, 11) is 2.09. The lowest BCUT2D eigenvalue weighted by Crippen LogP contribution is -2.59. The van der Waals surface area contributed by atoms with Crippen LogP contribution in [0.5, 0.6) is 0 Å². The number of piperazine rings is 1. The van der Waals surface area contributed by atoms with Gasteiger partial charge in [0.2, 0.25) is 11.8 Å². The topological polar surface area (TPSA) is 59.1 Å². The van der Waals surface area contributed by atoms with Gasteiger partial charge in [-0.15, -0.1) is 0 Å². The van der Waals surface area contributed by atoms with Crippen LogP contribution < -0.4 is 10.4 Å². The molecule has 3 heterocycles. The number of hydrazine groups is 1. The van der Waals surface area contributed by atoms with Crippen molar-refractivity contribution in [3.8, 4) is 0 Å². The molecular formula is C20H29N5O2. The molecule has 0 spiro atoms. The molecule has 2 amide bonds. The fraction of sp³-hybridized carbons (Fsp3) is 0.600. The van der Waals surface area contributed by atoms with Crippen LogP contribution >= 0.6 is 0 Å². The van der Waals surface area contributed by atoms with Gasteiger partial charge < -0.3 is 14.7 Å². The predicted molar refractivity (Wildman–Crippen MR) is 104 cm³/mol. The molecule has 3 atom stereocenters. The SMILES string of the molecule is CCN1CC(C(=O)N2CCN(C)CC2)C2NN(c3ccccc3)C(=O)C2C1. The zero-order valence-corrected chi connectivity index (χ0v) is 16.2. The zero-order valence-electron chi connectivity index (χ0n) is 16.2. The van der Waals surface area contributed by atoms with Crippen LogP contribution in [0.25, 0.3) is 0 Å². The zero-order chi connectivity index (χ0) is 19.0. The first-order valence-electron chi connectivity index (χ1n) is 9.93. The number of piperidine rings is 1. The van der Waals surface area contributed by atoms with Gasteiger partial charge in [0, 0.05) is 39.3 Å². The smallest absolute Gasteiger partial charge is 0.247 e. The van der Waals surface area contributed by atoms with Crippen LogP contribution in [0, 0.1) is 11.8 Å². The van der Waals surface area contributed by atoms with Crippen molar-refractivity contribution < 1.29 is 9.59 Å². The standard InChI is InChI=1S/C20H29N5O2/c1-3-23-13-16(19(26)24-11-9-22(2)10-12-24)18-17(14-23)20(27)25(21-18)15-7-5-4-6-8-15/h4-8,16-18,21H,3,9-14H2,1-2H3. The number of likely N-dealkylation sites (N-methyl/N-ethyl adjacent to an activating group) is 1. The summed E-state index contributed by atoms with van der Waals surface area (Å²) in [5.74, 6) is -0.114. The average Bonchev–Trinajstić information content (AvgIpc) is 3.04. The second kappa shape index (κ2) is 7.58. The van der Waals surface area contributed by atoms with Crippen LogP contribution in [0.3, 0.4) is 0 Å². The Morgan fingerprint density at radius 2 is 1.81 bits per heavy atom. The van der Waals surface area contributed by atoms with Crippen LogP contribution in [-0.4, -0.2) is 85.4 Å². The minimum absolute atomic E-state index is 0.0699. The Kier molecular flexibility index (Phi) is 5.16. The second-order valence-corrected chi connectivity index (χ2v) is 7.86. The fourth-order valence-corrected chi connectivity index (χ4v) is 4.46. The second-order valence-electron chi connectivity index (χ2n) is 7.86. The number of amides is 2. The van der Waals surface area contributed by atoms with Crippen LogP contribution in [0.2, 0.25) is 0 Å². The third-order valence-electron chi connectivity index (χ3n) is 6.19. The molecular weight excluding hydrogens is 342 g/mol. The van der Waals surface area contributed by atoms with Gasteiger partial charge in [-0.1, -0.05) is 25.1 Å². The largest absolute Gasteiger partial charge is 0.340 e. The number of anilines is 1. The molecule has 0 bridgehead atoms. The normalized spacial score (nSPS) is 29.9. The van der Waals surface area contributed by atoms with E-state index in [0.29, 0.717) is 13.1 Å². The molecule has 1 N–H and O–H groups in total. The van der Waals surface area contributed by atoms with Crippen molar-refractivity contribution in [1.29, 1.82) is 0 Å². The van der Waals surface area contributed by atoms with E-state index in [1.54, 1.807) is 5.01 Å². The van der Waals surface area contributed by atoms with E-state index in [-0.39, 0.29) is 29.7 Å². The maximum atomic E-state index is 13.3. The molecule has 3 fully saturated rings.